The van der Waals surface area contributed by atoms with Crippen molar-refractivity contribution >= 4 is 5.91 Å². The number of ether oxygens (including phenoxy) is 1. The summed E-state index contributed by atoms with van der Waals surface area (Å²) in [5, 5.41) is 12.1. The fraction of sp³-hybridized carbons (Fsp3) is 0.364. The smallest absolute Gasteiger partial charge is 0.255 e. The Morgan fingerprint density at radius 1 is 1.53 bits per heavy atom. The molecule has 0 saturated carbocycles. The quantitative estimate of drug-likeness (QED) is 0.707. The minimum atomic E-state index is -0.614. The van der Waals surface area contributed by atoms with Crippen molar-refractivity contribution in [3.8, 4) is 5.75 Å². The molecule has 4 nitrogen and oxygen atoms in total. The van der Waals surface area contributed by atoms with E-state index in [-0.39, 0.29) is 5.91 Å². The lowest BCUT2D eigenvalue weighted by Crippen LogP contribution is -2.38. The fourth-order valence-electron chi connectivity index (χ4n) is 1.52. The van der Waals surface area contributed by atoms with E-state index in [1.165, 1.54) is 0 Å². The Morgan fingerprint density at radius 3 is 3.00 bits per heavy atom. The second-order valence-electron chi connectivity index (χ2n) is 3.60. The Morgan fingerprint density at radius 2 is 2.27 bits per heavy atom. The maximum Gasteiger partial charge on any atom is 0.255 e. The SMILES string of the molecule is CC(O)C1CNC(=O)c2ccccc2O1. The summed E-state index contributed by atoms with van der Waals surface area (Å²) in [6, 6.07) is 7.02. The zero-order valence-electron chi connectivity index (χ0n) is 8.43. The summed E-state index contributed by atoms with van der Waals surface area (Å²) in [7, 11) is 0. The summed E-state index contributed by atoms with van der Waals surface area (Å²) in [4.78, 5) is 11.6. The average molecular weight is 207 g/mol. The number of aliphatic hydroxyl groups is 1. The third kappa shape index (κ3) is 1.94. The molecule has 2 N–H and O–H groups in total. The van der Waals surface area contributed by atoms with E-state index in [2.05, 4.69) is 5.32 Å². The first-order valence-corrected chi connectivity index (χ1v) is 4.90. The maximum absolute atomic E-state index is 11.6. The molecule has 1 aromatic rings. The fourth-order valence-corrected chi connectivity index (χ4v) is 1.52. The van der Waals surface area contributed by atoms with Gasteiger partial charge < -0.3 is 15.2 Å². The first-order valence-electron chi connectivity index (χ1n) is 4.90. The first kappa shape index (κ1) is 9.98. The molecule has 1 amide bonds. The molecule has 1 aliphatic rings. The van der Waals surface area contributed by atoms with Crippen molar-refractivity contribution in [2.75, 3.05) is 6.54 Å². The van der Waals surface area contributed by atoms with Crippen LogP contribution in [-0.2, 0) is 0 Å². The number of carbonyl (C=O) groups is 1. The van der Waals surface area contributed by atoms with Crippen molar-refractivity contribution < 1.29 is 14.6 Å². The van der Waals surface area contributed by atoms with Gasteiger partial charge >= 0.3 is 0 Å². The van der Waals surface area contributed by atoms with E-state index >= 15 is 0 Å². The molecule has 0 spiro atoms. The van der Waals surface area contributed by atoms with Crippen LogP contribution >= 0.6 is 0 Å². The van der Waals surface area contributed by atoms with Gasteiger partial charge in [-0.25, -0.2) is 0 Å². The van der Waals surface area contributed by atoms with Gasteiger partial charge in [-0.2, -0.15) is 0 Å². The lowest BCUT2D eigenvalue weighted by Gasteiger charge is -2.19. The molecule has 0 aliphatic carbocycles. The second kappa shape index (κ2) is 3.90. The minimum absolute atomic E-state index is 0.159. The summed E-state index contributed by atoms with van der Waals surface area (Å²) in [5.41, 5.74) is 0.514. The van der Waals surface area contributed by atoms with Crippen molar-refractivity contribution in [3.05, 3.63) is 29.8 Å². The molecule has 1 aromatic carbocycles. The van der Waals surface area contributed by atoms with E-state index in [4.69, 9.17) is 4.74 Å². The van der Waals surface area contributed by atoms with E-state index in [1.54, 1.807) is 31.2 Å². The predicted octanol–water partition coefficient (Wildman–Crippen LogP) is 0.558. The van der Waals surface area contributed by atoms with Crippen molar-refractivity contribution in [2.24, 2.45) is 0 Å². The van der Waals surface area contributed by atoms with E-state index in [1.807, 2.05) is 0 Å². The molecule has 1 heterocycles. The third-order valence-corrected chi connectivity index (χ3v) is 2.41. The zero-order valence-corrected chi connectivity index (χ0v) is 8.43. The van der Waals surface area contributed by atoms with Gasteiger partial charge in [-0.1, -0.05) is 12.1 Å². The highest BCUT2D eigenvalue weighted by atomic mass is 16.5. The standard InChI is InChI=1S/C11H13NO3/c1-7(13)10-6-12-11(14)8-4-2-3-5-9(8)15-10/h2-5,7,10,13H,6H2,1H3,(H,12,14). The summed E-state index contributed by atoms with van der Waals surface area (Å²) in [6.07, 6.45) is -1.01. The number of para-hydroxylation sites is 1. The van der Waals surface area contributed by atoms with Crippen LogP contribution in [0.5, 0.6) is 5.75 Å². The van der Waals surface area contributed by atoms with E-state index in [9.17, 15) is 9.90 Å². The van der Waals surface area contributed by atoms with E-state index in [0.29, 0.717) is 17.9 Å². The second-order valence-corrected chi connectivity index (χ2v) is 3.60. The summed E-state index contributed by atoms with van der Waals surface area (Å²) in [6.45, 7) is 1.97. The summed E-state index contributed by atoms with van der Waals surface area (Å²) in [5.74, 6) is 0.368. The monoisotopic (exact) mass is 207 g/mol. The molecule has 0 fully saturated rings. The lowest BCUT2D eigenvalue weighted by molar-refractivity contribution is 0.0516. The third-order valence-electron chi connectivity index (χ3n) is 2.41. The highest BCUT2D eigenvalue weighted by Gasteiger charge is 2.24. The minimum Gasteiger partial charge on any atom is -0.485 e. The van der Waals surface area contributed by atoms with Crippen LogP contribution in [0.1, 0.15) is 17.3 Å². The van der Waals surface area contributed by atoms with Gasteiger partial charge in [0.25, 0.3) is 5.91 Å². The average Bonchev–Trinajstić information content (AvgIpc) is 2.39. The van der Waals surface area contributed by atoms with Crippen LogP contribution in [0.3, 0.4) is 0 Å². The molecular formula is C11H13NO3. The molecule has 1 aliphatic heterocycles. The molecule has 0 aromatic heterocycles. The lowest BCUT2D eigenvalue weighted by atomic mass is 10.2. The van der Waals surface area contributed by atoms with Gasteiger partial charge in [-0.15, -0.1) is 0 Å². The van der Waals surface area contributed by atoms with E-state index < -0.39 is 12.2 Å². The van der Waals surface area contributed by atoms with Gasteiger partial charge in [-0.05, 0) is 19.1 Å². The van der Waals surface area contributed by atoms with Crippen LogP contribution in [0.25, 0.3) is 0 Å². The van der Waals surface area contributed by atoms with Crippen LogP contribution in [-0.4, -0.2) is 29.8 Å². The van der Waals surface area contributed by atoms with Crippen LogP contribution in [0.4, 0.5) is 0 Å². The highest BCUT2D eigenvalue weighted by molar-refractivity contribution is 5.97. The Kier molecular flexibility index (Phi) is 2.60. The maximum atomic E-state index is 11.6. The van der Waals surface area contributed by atoms with Crippen molar-refractivity contribution in [1.29, 1.82) is 0 Å². The number of carbonyl (C=O) groups excluding carboxylic acids is 1. The number of benzene rings is 1. The van der Waals surface area contributed by atoms with Gasteiger partial charge in [0.1, 0.15) is 11.9 Å². The van der Waals surface area contributed by atoms with Crippen molar-refractivity contribution in [3.63, 3.8) is 0 Å². The van der Waals surface area contributed by atoms with Gasteiger partial charge in [0.15, 0.2) is 0 Å². The topological polar surface area (TPSA) is 58.6 Å². The van der Waals surface area contributed by atoms with Gasteiger partial charge in [-0.3, -0.25) is 4.79 Å². The number of nitrogens with one attached hydrogen (secondary N) is 1. The number of amides is 1. The molecule has 15 heavy (non-hydrogen) atoms. The number of hydrogen-bond acceptors (Lipinski definition) is 3. The Hall–Kier alpha value is -1.55. The number of rotatable bonds is 1. The van der Waals surface area contributed by atoms with Crippen LogP contribution < -0.4 is 10.1 Å². The first-order chi connectivity index (χ1) is 7.18. The molecular weight excluding hydrogens is 194 g/mol. The van der Waals surface area contributed by atoms with Crippen LogP contribution in [0, 0.1) is 0 Å². The largest absolute Gasteiger partial charge is 0.485 e. The van der Waals surface area contributed by atoms with Gasteiger partial charge in [0.2, 0.25) is 0 Å². The normalized spacial score (nSPS) is 22.0. The Labute approximate surface area is 87.9 Å². The molecule has 0 bridgehead atoms. The molecule has 4 heteroatoms. The highest BCUT2D eigenvalue weighted by Crippen LogP contribution is 2.22. The van der Waals surface area contributed by atoms with Crippen molar-refractivity contribution in [2.45, 2.75) is 19.1 Å². The summed E-state index contributed by atoms with van der Waals surface area (Å²) < 4.78 is 5.56. The molecule has 2 atom stereocenters. The molecule has 2 unspecified atom stereocenters. The van der Waals surface area contributed by atoms with Crippen LogP contribution in [0.15, 0.2) is 24.3 Å². The molecule has 2 rings (SSSR count). The van der Waals surface area contributed by atoms with Gasteiger partial charge in [0.05, 0.1) is 18.2 Å². The predicted molar refractivity (Wildman–Crippen MR) is 54.9 cm³/mol. The zero-order chi connectivity index (χ0) is 10.8. The van der Waals surface area contributed by atoms with E-state index in [0.717, 1.165) is 0 Å². The Bertz CT molecular complexity index is 376. The number of aliphatic hydroxyl groups excluding tert-OH is 1. The number of hydrogen-bond donors (Lipinski definition) is 2. The van der Waals surface area contributed by atoms with Crippen LogP contribution in [0.2, 0.25) is 0 Å². The number of fused-ring (bicyclic) bond motifs is 1. The van der Waals surface area contributed by atoms with Crippen molar-refractivity contribution in [1.82, 2.24) is 5.32 Å². The summed E-state index contributed by atoms with van der Waals surface area (Å²) >= 11 is 0. The molecule has 0 radical (unpaired) electrons. The Balaban J connectivity index is 2.33. The van der Waals surface area contributed by atoms with Gasteiger partial charge in [0, 0.05) is 0 Å². The molecule has 80 valence electrons. The molecule has 0 saturated heterocycles.